The van der Waals surface area contributed by atoms with E-state index in [0.717, 1.165) is 78.1 Å². The molecule has 2 aliphatic heterocycles. The summed E-state index contributed by atoms with van der Waals surface area (Å²) in [5.74, 6) is -22.9. The summed E-state index contributed by atoms with van der Waals surface area (Å²) in [6, 6.07) is 15.6. The minimum Gasteiger partial charge on any atom is -0.463 e. The first-order chi connectivity index (χ1) is 45.7. The molecule has 2 fully saturated rings. The minimum absolute atomic E-state index is 0.0686. The number of alkyl halides is 6. The smallest absolute Gasteiger partial charge is 0.380 e. The van der Waals surface area contributed by atoms with Crippen molar-refractivity contribution in [3.8, 4) is 20.9 Å². The molecule has 0 amide bonds. The van der Waals surface area contributed by atoms with E-state index >= 15 is 26.3 Å². The Labute approximate surface area is 556 Å². The van der Waals surface area contributed by atoms with E-state index < -0.39 is 162 Å². The zero-order chi connectivity index (χ0) is 70.6. The van der Waals surface area contributed by atoms with Gasteiger partial charge in [0.15, 0.2) is 49.2 Å². The Kier molecular flexibility index (Phi) is 22.2. The maximum absolute atomic E-state index is 16.3. The summed E-state index contributed by atoms with van der Waals surface area (Å²) >= 11 is 1.89. The zero-order valence-corrected chi connectivity index (χ0v) is 55.0. The fourth-order valence-electron chi connectivity index (χ4n) is 11.0. The fraction of sp³-hybridized carbons (Fsp3) is 0.460. The number of allylic oxidation sites excluding steroid dienone is 2. The van der Waals surface area contributed by atoms with Gasteiger partial charge in [-0.25, -0.2) is 9.36 Å². The van der Waals surface area contributed by atoms with Gasteiger partial charge in [0.1, 0.15) is 36.8 Å². The quantitative estimate of drug-likeness (QED) is 0.0314. The van der Waals surface area contributed by atoms with Crippen LogP contribution in [0, 0.1) is 13.8 Å². The van der Waals surface area contributed by atoms with E-state index in [9.17, 15) is 38.4 Å². The summed E-state index contributed by atoms with van der Waals surface area (Å²) < 4.78 is 166. The van der Waals surface area contributed by atoms with Crippen LogP contribution in [0.25, 0.3) is 32.0 Å². The van der Waals surface area contributed by atoms with Crippen molar-refractivity contribution in [1.29, 1.82) is 0 Å². The maximum Gasteiger partial charge on any atom is 0.380 e. The van der Waals surface area contributed by atoms with Crippen molar-refractivity contribution in [1.82, 2.24) is 30.0 Å². The van der Waals surface area contributed by atoms with Crippen LogP contribution in [-0.4, -0.2) is 170 Å². The number of rotatable bonds is 24. The summed E-state index contributed by atoms with van der Waals surface area (Å²) in [7, 11) is 0. The molecule has 10 atom stereocenters. The molecule has 0 radical (unpaired) electrons. The van der Waals surface area contributed by atoms with Crippen LogP contribution < -0.4 is 0 Å². The van der Waals surface area contributed by atoms with E-state index in [1.54, 1.807) is 48.5 Å². The number of halogens is 6. The molecular weight excluding hydrogens is 1340 g/mol. The first kappa shape index (κ1) is 72.3. The van der Waals surface area contributed by atoms with E-state index in [0.29, 0.717) is 32.0 Å². The van der Waals surface area contributed by atoms with Crippen LogP contribution in [0.3, 0.4) is 0 Å². The van der Waals surface area contributed by atoms with Gasteiger partial charge in [-0.05, 0) is 59.4 Å². The standard InChI is InChI=1S/C63H64F6N6O20S2/c1-29-45(19-49(96-29)41-15-11-39(12-16-41)21-74-23-43(70-72-74)25-86-59-57(92-37(9)82)55(90-35(7)80)53(88-33(5)78)47(94-59)27-84-31(3)76)51-52(62(66,67)63(68,69)61(51,64)65)46-20-50(97-30(46)2)42-17-13-40(14-18-42)22-75-24-44(71-73-75)26-87-60-58(93-38(10)83)56(91-36(8)81)54(89-34(6)79)48(95-60)28-85-32(4)77/h11-20,23-24,47-48,53-60H,21-22,25-28H2,1-10H3/t47-,48-,53-,54-,55+,56+,57-,58-,59-,60-/m1/s1. The average molecular weight is 1400 g/mol. The van der Waals surface area contributed by atoms with Gasteiger partial charge in [0, 0.05) is 86.0 Å². The number of aromatic nitrogens is 6. The van der Waals surface area contributed by atoms with E-state index in [4.69, 9.17) is 56.8 Å². The first-order valence-electron chi connectivity index (χ1n) is 29.6. The van der Waals surface area contributed by atoms with Crippen molar-refractivity contribution in [2.75, 3.05) is 13.2 Å². The number of carbonyl (C=O) groups excluding carboxylic acids is 8. The van der Waals surface area contributed by atoms with Gasteiger partial charge in [0.2, 0.25) is 0 Å². The maximum atomic E-state index is 16.3. The molecule has 0 saturated carbocycles. The highest BCUT2D eigenvalue weighted by Gasteiger charge is 2.80. The Bertz CT molecular complexity index is 3720. The Morgan fingerprint density at radius 2 is 0.784 bits per heavy atom. The normalized spacial score (nSPS) is 23.2. The molecule has 1 aliphatic carbocycles. The highest BCUT2D eigenvalue weighted by Crippen LogP contribution is 2.66. The van der Waals surface area contributed by atoms with Crippen LogP contribution in [0.5, 0.6) is 0 Å². The van der Waals surface area contributed by atoms with E-state index in [1.807, 2.05) is 0 Å². The molecule has 97 heavy (non-hydrogen) atoms. The lowest BCUT2D eigenvalue weighted by Gasteiger charge is -2.43. The van der Waals surface area contributed by atoms with Crippen LogP contribution in [0.2, 0.25) is 0 Å². The van der Waals surface area contributed by atoms with Crippen molar-refractivity contribution in [2.24, 2.45) is 0 Å². The molecule has 520 valence electrons. The Balaban J connectivity index is 0.882. The van der Waals surface area contributed by atoms with Crippen molar-refractivity contribution >= 4 is 81.6 Å². The van der Waals surface area contributed by atoms with Gasteiger partial charge in [0.25, 0.3) is 0 Å². The molecule has 26 nitrogen and oxygen atoms in total. The van der Waals surface area contributed by atoms with Crippen LogP contribution in [-0.2, 0) is 122 Å². The summed E-state index contributed by atoms with van der Waals surface area (Å²) in [5.41, 5.74) is -1.34. The molecule has 6 aromatic rings. The second-order valence-electron chi connectivity index (χ2n) is 22.6. The molecule has 6 heterocycles. The zero-order valence-electron chi connectivity index (χ0n) is 53.4. The van der Waals surface area contributed by atoms with Gasteiger partial charge in [-0.2, -0.15) is 26.3 Å². The van der Waals surface area contributed by atoms with Gasteiger partial charge in [-0.3, -0.25) is 38.4 Å². The minimum atomic E-state index is -5.83. The molecule has 4 aromatic heterocycles. The number of aryl methyl sites for hydroxylation is 2. The number of nitrogens with zero attached hydrogens (tertiary/aromatic N) is 6. The average Bonchev–Trinajstić information content (AvgIpc) is 1.53. The Morgan fingerprint density at radius 1 is 0.464 bits per heavy atom. The molecule has 9 rings (SSSR count). The number of ether oxygens (including phenoxy) is 12. The summed E-state index contributed by atoms with van der Waals surface area (Å²) in [4.78, 5) is 97.5. The van der Waals surface area contributed by atoms with Gasteiger partial charge < -0.3 is 56.8 Å². The first-order valence-corrected chi connectivity index (χ1v) is 31.3. The van der Waals surface area contributed by atoms with Crippen LogP contribution in [0.15, 0.2) is 73.1 Å². The lowest BCUT2D eigenvalue weighted by Crippen LogP contribution is -2.62. The molecule has 3 aliphatic rings. The third kappa shape index (κ3) is 16.5. The monoisotopic (exact) mass is 1400 g/mol. The van der Waals surface area contributed by atoms with E-state index in [-0.39, 0.29) is 47.4 Å². The van der Waals surface area contributed by atoms with Gasteiger partial charge in [0.05, 0.1) is 38.7 Å². The fourth-order valence-corrected chi connectivity index (χ4v) is 13.1. The predicted molar refractivity (Wildman–Crippen MR) is 322 cm³/mol. The SMILES string of the molecule is CC(=O)OC[C@H]1O[C@@H](OCc2cn(Cc3ccc(-c4cc(C5=C(c6cc(-c7ccc(Cn8cc(CO[C@@H]9O[C@H](COC(C)=O)[C@@H](OC(C)=O)[C@H](OC(C)=O)[C@H]9OC(C)=O)nn8)cc7)sc6C)C(F)(F)C(F)(F)C5(F)F)c(C)s4)cc3)nn2)[C@H](OC(C)=O)[C@@H](OC(C)=O)[C@@H]1OC(C)=O. The lowest BCUT2D eigenvalue weighted by atomic mass is 9.94. The molecule has 0 N–H and O–H groups in total. The van der Waals surface area contributed by atoms with E-state index in [2.05, 4.69) is 20.6 Å². The summed E-state index contributed by atoms with van der Waals surface area (Å²) in [5, 5.41) is 16.5. The number of thiophene rings is 2. The van der Waals surface area contributed by atoms with Crippen LogP contribution in [0.4, 0.5) is 26.3 Å². The number of carbonyl (C=O) groups is 8. The summed E-state index contributed by atoms with van der Waals surface area (Å²) in [6.07, 6.45) is -11.2. The molecule has 2 aromatic carbocycles. The molecular formula is C63H64F6N6O20S2. The van der Waals surface area contributed by atoms with Crippen molar-refractivity contribution < 1.29 is 122 Å². The topological polar surface area (TPSA) is 309 Å². The van der Waals surface area contributed by atoms with Gasteiger partial charge in [-0.1, -0.05) is 59.0 Å². The molecule has 0 spiro atoms. The Morgan fingerprint density at radius 3 is 1.10 bits per heavy atom. The number of esters is 8. The second kappa shape index (κ2) is 29.8. The largest absolute Gasteiger partial charge is 0.463 e. The highest BCUT2D eigenvalue weighted by atomic mass is 32.1. The van der Waals surface area contributed by atoms with Gasteiger partial charge >= 0.3 is 65.5 Å². The lowest BCUT2D eigenvalue weighted by molar-refractivity contribution is -0.310. The number of hydrogen-bond acceptors (Lipinski definition) is 26. The van der Waals surface area contributed by atoms with Crippen molar-refractivity contribution in [3.63, 3.8) is 0 Å². The highest BCUT2D eigenvalue weighted by molar-refractivity contribution is 7.16. The predicted octanol–water partition coefficient (Wildman–Crippen LogP) is 8.07. The number of hydrogen-bond donors (Lipinski definition) is 0. The molecule has 34 heteroatoms. The molecule has 0 unspecified atom stereocenters. The van der Waals surface area contributed by atoms with Gasteiger partial charge in [-0.15, -0.1) is 32.9 Å². The van der Waals surface area contributed by atoms with Crippen LogP contribution >= 0.6 is 22.7 Å². The number of benzene rings is 2. The second-order valence-corrected chi connectivity index (χ2v) is 25.1. The summed E-state index contributed by atoms with van der Waals surface area (Å²) in [6.45, 7) is 10.1. The van der Waals surface area contributed by atoms with Crippen LogP contribution in [0.1, 0.15) is 98.8 Å². The third-order valence-corrected chi connectivity index (χ3v) is 17.3. The van der Waals surface area contributed by atoms with E-state index in [1.165, 1.54) is 47.7 Å². The third-order valence-electron chi connectivity index (χ3n) is 15.1. The Hall–Kier alpha value is -8.96. The van der Waals surface area contributed by atoms with Crippen molar-refractivity contribution in [3.05, 3.63) is 116 Å². The molecule has 0 bridgehead atoms. The van der Waals surface area contributed by atoms with Crippen molar-refractivity contribution in [2.45, 2.75) is 175 Å². The molecule has 2 saturated heterocycles.